The quantitative estimate of drug-likeness (QED) is 0.703. The molecule has 15 heavy (non-hydrogen) atoms. The molecule has 3 nitrogen and oxygen atoms in total. The van der Waals surface area contributed by atoms with Crippen LogP contribution in [0, 0.1) is 6.92 Å². The van der Waals surface area contributed by atoms with Gasteiger partial charge in [-0.3, -0.25) is 9.78 Å². The van der Waals surface area contributed by atoms with Crippen molar-refractivity contribution in [1.29, 1.82) is 0 Å². The Hall–Kier alpha value is -1.90. The van der Waals surface area contributed by atoms with Crippen LogP contribution in [0.15, 0.2) is 41.5 Å². The van der Waals surface area contributed by atoms with E-state index >= 15 is 0 Å². The summed E-state index contributed by atoms with van der Waals surface area (Å²) in [6.45, 7) is 1.97. The van der Waals surface area contributed by atoms with Crippen LogP contribution in [0.4, 0.5) is 0 Å². The van der Waals surface area contributed by atoms with E-state index in [2.05, 4.69) is 4.98 Å². The predicted octanol–water partition coefficient (Wildman–Crippen LogP) is 1.76. The molecule has 3 heteroatoms. The summed E-state index contributed by atoms with van der Waals surface area (Å²) in [6, 6.07) is 7.46. The zero-order valence-corrected chi connectivity index (χ0v) is 8.77. The van der Waals surface area contributed by atoms with Gasteiger partial charge in [0.1, 0.15) is 0 Å². The highest BCUT2D eigenvalue weighted by Gasteiger charge is 2.04. The van der Waals surface area contributed by atoms with Crippen molar-refractivity contribution < 1.29 is 0 Å². The van der Waals surface area contributed by atoms with E-state index in [4.69, 9.17) is 0 Å². The van der Waals surface area contributed by atoms with Crippen LogP contribution in [0.5, 0.6) is 0 Å². The fourth-order valence-electron chi connectivity index (χ4n) is 1.42. The standard InChI is InChI=1S/C12H12N2O/c1-9-5-6-11(13-8-9)10-4-3-7-14(2)12(10)15/h3-8H,1-2H3. The smallest absolute Gasteiger partial charge is 0.259 e. The lowest BCUT2D eigenvalue weighted by atomic mass is 10.1. The molecule has 2 heterocycles. The van der Waals surface area contributed by atoms with Crippen molar-refractivity contribution in [2.75, 3.05) is 0 Å². The Kier molecular flexibility index (Phi) is 2.37. The number of hydrogen-bond donors (Lipinski definition) is 0. The van der Waals surface area contributed by atoms with Gasteiger partial charge in [0.25, 0.3) is 5.56 Å². The molecule has 2 rings (SSSR count). The summed E-state index contributed by atoms with van der Waals surface area (Å²) in [5, 5.41) is 0. The van der Waals surface area contributed by atoms with Crippen molar-refractivity contribution in [3.8, 4) is 11.3 Å². The Labute approximate surface area is 88.0 Å². The molecule has 0 aliphatic carbocycles. The highest BCUT2D eigenvalue weighted by molar-refractivity contribution is 5.57. The van der Waals surface area contributed by atoms with Gasteiger partial charge in [0.2, 0.25) is 0 Å². The fraction of sp³-hybridized carbons (Fsp3) is 0.167. The molecular weight excluding hydrogens is 188 g/mol. The van der Waals surface area contributed by atoms with Gasteiger partial charge in [-0.1, -0.05) is 6.07 Å². The number of nitrogens with zero attached hydrogens (tertiary/aromatic N) is 2. The SMILES string of the molecule is Cc1ccc(-c2cccn(C)c2=O)nc1. The normalized spacial score (nSPS) is 10.3. The van der Waals surface area contributed by atoms with Gasteiger partial charge in [-0.05, 0) is 30.7 Å². The summed E-state index contributed by atoms with van der Waals surface area (Å²) < 4.78 is 1.55. The lowest BCUT2D eigenvalue weighted by Crippen LogP contribution is -2.17. The Morgan fingerprint density at radius 3 is 2.73 bits per heavy atom. The summed E-state index contributed by atoms with van der Waals surface area (Å²) in [5.74, 6) is 0. The van der Waals surface area contributed by atoms with Crippen molar-refractivity contribution in [2.24, 2.45) is 7.05 Å². The fourth-order valence-corrected chi connectivity index (χ4v) is 1.42. The maximum atomic E-state index is 11.8. The second-order valence-corrected chi connectivity index (χ2v) is 3.56. The van der Waals surface area contributed by atoms with E-state index in [0.717, 1.165) is 11.3 Å². The van der Waals surface area contributed by atoms with Crippen LogP contribution in [0.2, 0.25) is 0 Å². The van der Waals surface area contributed by atoms with Gasteiger partial charge in [0, 0.05) is 19.4 Å². The molecule has 76 valence electrons. The van der Waals surface area contributed by atoms with Gasteiger partial charge in [0.05, 0.1) is 11.3 Å². The third-order valence-corrected chi connectivity index (χ3v) is 2.31. The Morgan fingerprint density at radius 2 is 2.07 bits per heavy atom. The molecule has 0 aromatic carbocycles. The molecule has 0 amide bonds. The van der Waals surface area contributed by atoms with E-state index in [9.17, 15) is 4.79 Å². The van der Waals surface area contributed by atoms with E-state index < -0.39 is 0 Å². The summed E-state index contributed by atoms with van der Waals surface area (Å²) in [7, 11) is 1.74. The molecule has 2 aromatic rings. The molecule has 0 spiro atoms. The average Bonchev–Trinajstić information content (AvgIpc) is 2.24. The molecule has 0 fully saturated rings. The minimum absolute atomic E-state index is 0.0196. The molecule has 0 bridgehead atoms. The number of aromatic nitrogens is 2. The number of rotatable bonds is 1. The Bertz CT molecular complexity index is 526. The van der Waals surface area contributed by atoms with Crippen molar-refractivity contribution in [3.05, 3.63) is 52.6 Å². The second-order valence-electron chi connectivity index (χ2n) is 3.56. The minimum Gasteiger partial charge on any atom is -0.318 e. The average molecular weight is 200 g/mol. The number of hydrogen-bond acceptors (Lipinski definition) is 2. The molecule has 0 saturated heterocycles. The van der Waals surface area contributed by atoms with Gasteiger partial charge < -0.3 is 4.57 Å². The monoisotopic (exact) mass is 200 g/mol. The Balaban J connectivity index is 2.59. The molecule has 0 aliphatic heterocycles. The van der Waals surface area contributed by atoms with E-state index in [1.165, 1.54) is 0 Å². The lowest BCUT2D eigenvalue weighted by molar-refractivity contribution is 0.862. The van der Waals surface area contributed by atoms with Crippen LogP contribution in [-0.2, 0) is 7.05 Å². The third-order valence-electron chi connectivity index (χ3n) is 2.31. The van der Waals surface area contributed by atoms with Crippen molar-refractivity contribution in [2.45, 2.75) is 6.92 Å². The zero-order valence-electron chi connectivity index (χ0n) is 8.77. The molecular formula is C12H12N2O. The van der Waals surface area contributed by atoms with Crippen LogP contribution >= 0.6 is 0 Å². The first kappa shape index (κ1) is 9.65. The molecule has 0 atom stereocenters. The molecule has 0 saturated carbocycles. The van der Waals surface area contributed by atoms with Gasteiger partial charge >= 0.3 is 0 Å². The second kappa shape index (κ2) is 3.69. The van der Waals surface area contributed by atoms with Crippen LogP contribution in [-0.4, -0.2) is 9.55 Å². The lowest BCUT2D eigenvalue weighted by Gasteiger charge is -2.02. The largest absolute Gasteiger partial charge is 0.318 e. The number of aryl methyl sites for hydroxylation is 2. The first-order valence-corrected chi connectivity index (χ1v) is 4.77. The van der Waals surface area contributed by atoms with E-state index in [0.29, 0.717) is 5.56 Å². The summed E-state index contributed by atoms with van der Waals surface area (Å²) in [6.07, 6.45) is 3.50. The first-order chi connectivity index (χ1) is 7.18. The summed E-state index contributed by atoms with van der Waals surface area (Å²) in [4.78, 5) is 16.0. The maximum absolute atomic E-state index is 11.8. The Morgan fingerprint density at radius 1 is 1.27 bits per heavy atom. The van der Waals surface area contributed by atoms with Crippen molar-refractivity contribution in [3.63, 3.8) is 0 Å². The molecule has 2 aromatic heterocycles. The molecule has 0 N–H and O–H groups in total. The van der Waals surface area contributed by atoms with Crippen LogP contribution in [0.3, 0.4) is 0 Å². The minimum atomic E-state index is -0.0196. The van der Waals surface area contributed by atoms with Gasteiger partial charge in [-0.2, -0.15) is 0 Å². The topological polar surface area (TPSA) is 34.9 Å². The van der Waals surface area contributed by atoms with E-state index in [1.807, 2.05) is 25.1 Å². The highest BCUT2D eigenvalue weighted by Crippen LogP contribution is 2.11. The predicted molar refractivity (Wildman–Crippen MR) is 59.7 cm³/mol. The van der Waals surface area contributed by atoms with Gasteiger partial charge in [-0.25, -0.2) is 0 Å². The van der Waals surface area contributed by atoms with E-state index in [-0.39, 0.29) is 5.56 Å². The van der Waals surface area contributed by atoms with Crippen LogP contribution < -0.4 is 5.56 Å². The first-order valence-electron chi connectivity index (χ1n) is 4.77. The maximum Gasteiger partial charge on any atom is 0.259 e. The van der Waals surface area contributed by atoms with Gasteiger partial charge in [-0.15, -0.1) is 0 Å². The van der Waals surface area contributed by atoms with Crippen LogP contribution in [0.25, 0.3) is 11.3 Å². The summed E-state index contributed by atoms with van der Waals surface area (Å²) >= 11 is 0. The summed E-state index contributed by atoms with van der Waals surface area (Å²) in [5.41, 5.74) is 2.43. The van der Waals surface area contributed by atoms with Gasteiger partial charge in [0.15, 0.2) is 0 Å². The molecule has 0 unspecified atom stereocenters. The van der Waals surface area contributed by atoms with E-state index in [1.54, 1.807) is 30.1 Å². The molecule has 0 radical (unpaired) electrons. The molecule has 0 aliphatic rings. The third kappa shape index (κ3) is 1.81. The van der Waals surface area contributed by atoms with Crippen molar-refractivity contribution in [1.82, 2.24) is 9.55 Å². The zero-order chi connectivity index (χ0) is 10.8. The highest BCUT2D eigenvalue weighted by atomic mass is 16.1. The van der Waals surface area contributed by atoms with Crippen molar-refractivity contribution >= 4 is 0 Å². The number of pyridine rings is 2. The van der Waals surface area contributed by atoms with Crippen LogP contribution in [0.1, 0.15) is 5.56 Å².